The van der Waals surface area contributed by atoms with Gasteiger partial charge in [-0.2, -0.15) is 0 Å². The van der Waals surface area contributed by atoms with Gasteiger partial charge in [-0.3, -0.25) is 14.5 Å². The minimum atomic E-state index is -1.30. The predicted molar refractivity (Wildman–Crippen MR) is 100 cm³/mol. The number of imide groups is 1. The molecule has 1 aromatic heterocycles. The van der Waals surface area contributed by atoms with Gasteiger partial charge in [0.15, 0.2) is 11.5 Å². The van der Waals surface area contributed by atoms with E-state index < -0.39 is 17.5 Å². The lowest BCUT2D eigenvalue weighted by atomic mass is 9.91. The number of nitrogens with zero attached hydrogens (tertiary/aromatic N) is 2. The van der Waals surface area contributed by atoms with Gasteiger partial charge in [0.1, 0.15) is 23.6 Å². The van der Waals surface area contributed by atoms with Crippen LogP contribution in [0.3, 0.4) is 0 Å². The molecule has 0 aliphatic carbocycles. The van der Waals surface area contributed by atoms with Crippen LogP contribution >= 0.6 is 0 Å². The molecule has 0 bridgehead atoms. The maximum absolute atomic E-state index is 13.0. The topological polar surface area (TPSA) is 101 Å². The van der Waals surface area contributed by atoms with Gasteiger partial charge in [-0.1, -0.05) is 6.07 Å². The highest BCUT2D eigenvalue weighted by atomic mass is 16.7. The Labute approximate surface area is 167 Å². The Morgan fingerprint density at radius 1 is 1.21 bits per heavy atom. The van der Waals surface area contributed by atoms with Crippen molar-refractivity contribution in [2.45, 2.75) is 25.9 Å². The van der Waals surface area contributed by atoms with E-state index in [2.05, 4.69) is 5.32 Å². The number of nitrogens with one attached hydrogen (secondary N) is 1. The van der Waals surface area contributed by atoms with Gasteiger partial charge in [-0.15, -0.1) is 0 Å². The van der Waals surface area contributed by atoms with Crippen LogP contribution in [0.25, 0.3) is 0 Å². The molecule has 152 valence electrons. The molecule has 1 saturated heterocycles. The lowest BCUT2D eigenvalue weighted by molar-refractivity contribution is -0.138. The average molecular weight is 399 g/mol. The summed E-state index contributed by atoms with van der Waals surface area (Å²) in [6, 6.07) is 8.02. The first kappa shape index (κ1) is 18.9. The zero-order valence-corrected chi connectivity index (χ0v) is 16.4. The van der Waals surface area contributed by atoms with Gasteiger partial charge >= 0.3 is 6.03 Å². The van der Waals surface area contributed by atoms with Gasteiger partial charge in [-0.05, 0) is 43.7 Å². The summed E-state index contributed by atoms with van der Waals surface area (Å²) in [5.74, 6) is 1.58. The normalized spacial score (nSPS) is 20.2. The number of rotatable bonds is 5. The fourth-order valence-corrected chi connectivity index (χ4v) is 3.39. The number of aryl methyl sites for hydroxylation is 1. The maximum Gasteiger partial charge on any atom is 0.325 e. The van der Waals surface area contributed by atoms with Gasteiger partial charge in [0.25, 0.3) is 5.91 Å². The van der Waals surface area contributed by atoms with E-state index in [0.29, 0.717) is 22.8 Å². The number of benzene rings is 1. The summed E-state index contributed by atoms with van der Waals surface area (Å²) in [6.07, 6.45) is 0. The van der Waals surface area contributed by atoms with E-state index in [-0.39, 0.29) is 25.8 Å². The van der Waals surface area contributed by atoms with E-state index in [1.54, 1.807) is 38.2 Å². The minimum absolute atomic E-state index is 0.109. The van der Waals surface area contributed by atoms with Crippen molar-refractivity contribution in [3.63, 3.8) is 0 Å². The first-order valence-electron chi connectivity index (χ1n) is 9.11. The van der Waals surface area contributed by atoms with Crippen LogP contribution in [-0.4, -0.2) is 48.0 Å². The third-order valence-electron chi connectivity index (χ3n) is 5.13. The van der Waals surface area contributed by atoms with Crippen molar-refractivity contribution in [2.24, 2.45) is 0 Å². The number of likely N-dealkylation sites (N-methyl/N-ethyl adjacent to an activating group) is 1. The smallest absolute Gasteiger partial charge is 0.325 e. The SMILES string of the molecule is Cc1ccc(CN(C)C(=O)CN2C(=O)N[C@@](C)(c3ccc4c(c3)OCO4)C2=O)o1. The van der Waals surface area contributed by atoms with Crippen molar-refractivity contribution in [3.05, 3.63) is 47.4 Å². The molecule has 1 fully saturated rings. The molecule has 1 atom stereocenters. The van der Waals surface area contributed by atoms with E-state index in [1.807, 2.05) is 13.0 Å². The molecule has 0 spiro atoms. The Bertz CT molecular complexity index is 1000. The molecular weight excluding hydrogens is 378 g/mol. The third kappa shape index (κ3) is 3.28. The second-order valence-corrected chi connectivity index (χ2v) is 7.28. The van der Waals surface area contributed by atoms with Crippen molar-refractivity contribution in [1.82, 2.24) is 15.1 Å². The Kier molecular flexibility index (Phi) is 4.45. The van der Waals surface area contributed by atoms with Crippen LogP contribution in [0.4, 0.5) is 4.79 Å². The zero-order valence-electron chi connectivity index (χ0n) is 16.4. The molecule has 2 aromatic rings. The third-order valence-corrected chi connectivity index (χ3v) is 5.13. The van der Waals surface area contributed by atoms with Gasteiger partial charge in [-0.25, -0.2) is 4.79 Å². The number of hydrogen-bond donors (Lipinski definition) is 1. The van der Waals surface area contributed by atoms with E-state index in [1.165, 1.54) is 4.90 Å². The van der Waals surface area contributed by atoms with Crippen LogP contribution in [0, 0.1) is 6.92 Å². The summed E-state index contributed by atoms with van der Waals surface area (Å²) in [6.45, 7) is 3.41. The van der Waals surface area contributed by atoms with Crippen LogP contribution in [0.2, 0.25) is 0 Å². The standard InChI is InChI=1S/C20H21N3O6/c1-12-4-6-14(29-12)9-22(3)17(24)10-23-18(25)20(2,21-19(23)26)13-5-7-15-16(8-13)28-11-27-15/h4-8H,9-11H2,1-3H3,(H,21,26)/t20-/m0/s1. The van der Waals surface area contributed by atoms with Crippen LogP contribution in [0.15, 0.2) is 34.7 Å². The maximum atomic E-state index is 13.0. The zero-order chi connectivity index (χ0) is 20.8. The lowest BCUT2D eigenvalue weighted by Crippen LogP contribution is -2.43. The van der Waals surface area contributed by atoms with Crippen molar-refractivity contribution < 1.29 is 28.3 Å². The summed E-state index contributed by atoms with van der Waals surface area (Å²) in [5, 5.41) is 2.69. The minimum Gasteiger partial charge on any atom is -0.464 e. The second kappa shape index (κ2) is 6.84. The molecule has 4 rings (SSSR count). The number of furan rings is 1. The summed E-state index contributed by atoms with van der Waals surface area (Å²) >= 11 is 0. The number of urea groups is 1. The van der Waals surface area contributed by atoms with Gasteiger partial charge in [0.2, 0.25) is 12.7 Å². The molecule has 9 heteroatoms. The molecule has 0 saturated carbocycles. The highest BCUT2D eigenvalue weighted by molar-refractivity contribution is 6.09. The van der Waals surface area contributed by atoms with E-state index >= 15 is 0 Å². The Hall–Kier alpha value is -3.49. The molecule has 3 heterocycles. The second-order valence-electron chi connectivity index (χ2n) is 7.28. The first-order chi connectivity index (χ1) is 13.8. The van der Waals surface area contributed by atoms with Crippen molar-refractivity contribution in [2.75, 3.05) is 20.4 Å². The number of ether oxygens (including phenoxy) is 2. The molecule has 29 heavy (non-hydrogen) atoms. The molecule has 4 amide bonds. The Morgan fingerprint density at radius 3 is 2.69 bits per heavy atom. The van der Waals surface area contributed by atoms with E-state index in [9.17, 15) is 14.4 Å². The number of hydrogen-bond acceptors (Lipinski definition) is 6. The Morgan fingerprint density at radius 2 is 1.97 bits per heavy atom. The fraction of sp³-hybridized carbons (Fsp3) is 0.350. The molecule has 0 unspecified atom stereocenters. The van der Waals surface area contributed by atoms with E-state index in [4.69, 9.17) is 13.9 Å². The molecule has 2 aliphatic heterocycles. The fourth-order valence-electron chi connectivity index (χ4n) is 3.39. The van der Waals surface area contributed by atoms with Crippen molar-refractivity contribution in [1.29, 1.82) is 0 Å². The van der Waals surface area contributed by atoms with Crippen LogP contribution in [-0.2, 0) is 21.7 Å². The number of carbonyl (C=O) groups is 3. The quantitative estimate of drug-likeness (QED) is 0.769. The van der Waals surface area contributed by atoms with Gasteiger partial charge in [0, 0.05) is 7.05 Å². The molecule has 1 aromatic carbocycles. The van der Waals surface area contributed by atoms with Crippen LogP contribution in [0.5, 0.6) is 11.5 Å². The molecule has 1 N–H and O–H groups in total. The van der Waals surface area contributed by atoms with Crippen molar-refractivity contribution >= 4 is 17.8 Å². The predicted octanol–water partition coefficient (Wildman–Crippen LogP) is 1.74. The summed E-state index contributed by atoms with van der Waals surface area (Å²) < 4.78 is 16.1. The van der Waals surface area contributed by atoms with Crippen LogP contribution in [0.1, 0.15) is 24.0 Å². The van der Waals surface area contributed by atoms with E-state index in [0.717, 1.165) is 10.7 Å². The lowest BCUT2D eigenvalue weighted by Gasteiger charge is -2.23. The monoisotopic (exact) mass is 399 g/mol. The average Bonchev–Trinajstić information content (AvgIpc) is 3.37. The first-order valence-corrected chi connectivity index (χ1v) is 9.11. The number of fused-ring (bicyclic) bond motifs is 1. The molecule has 0 radical (unpaired) electrons. The summed E-state index contributed by atoms with van der Waals surface area (Å²) in [4.78, 5) is 40.4. The highest BCUT2D eigenvalue weighted by Gasteiger charge is 2.50. The van der Waals surface area contributed by atoms with Gasteiger partial charge < -0.3 is 24.1 Å². The van der Waals surface area contributed by atoms with Crippen LogP contribution < -0.4 is 14.8 Å². The largest absolute Gasteiger partial charge is 0.464 e. The number of amides is 4. The summed E-state index contributed by atoms with van der Waals surface area (Å²) in [7, 11) is 1.59. The van der Waals surface area contributed by atoms with Gasteiger partial charge in [0.05, 0.1) is 6.54 Å². The highest BCUT2D eigenvalue weighted by Crippen LogP contribution is 2.37. The number of carbonyl (C=O) groups excluding carboxylic acids is 3. The molecule has 9 nitrogen and oxygen atoms in total. The Balaban J connectivity index is 1.48. The molecular formula is C20H21N3O6. The summed E-state index contributed by atoms with van der Waals surface area (Å²) in [5.41, 5.74) is -0.746. The molecule has 2 aliphatic rings. The van der Waals surface area contributed by atoms with Crippen molar-refractivity contribution in [3.8, 4) is 11.5 Å².